The molecule has 4 rings (SSSR count). The van der Waals surface area contributed by atoms with Crippen molar-refractivity contribution in [1.82, 2.24) is 15.4 Å². The molecular formula is C19H18N4O2. The summed E-state index contributed by atoms with van der Waals surface area (Å²) in [6.45, 7) is 1.90. The van der Waals surface area contributed by atoms with Gasteiger partial charge < -0.3 is 9.72 Å². The van der Waals surface area contributed by atoms with Gasteiger partial charge in [-0.05, 0) is 42.0 Å². The van der Waals surface area contributed by atoms with Crippen molar-refractivity contribution in [3.63, 3.8) is 0 Å². The summed E-state index contributed by atoms with van der Waals surface area (Å²) in [4.78, 5) is 19.5. The molecule has 1 amide bonds. The molecule has 1 aliphatic rings. The SMILES string of the molecule is COc1ccc(-c2nc3ccc(C4=NNC(=O)[C@H](C)C4)cc3[nH]2)cc1. The van der Waals surface area contributed by atoms with Crippen molar-refractivity contribution in [3.8, 4) is 17.1 Å². The Morgan fingerprint density at radius 3 is 2.60 bits per heavy atom. The van der Waals surface area contributed by atoms with Crippen molar-refractivity contribution in [3.05, 3.63) is 48.0 Å². The van der Waals surface area contributed by atoms with Crippen LogP contribution >= 0.6 is 0 Å². The molecule has 6 nitrogen and oxygen atoms in total. The number of aromatic nitrogens is 2. The molecule has 0 saturated carbocycles. The van der Waals surface area contributed by atoms with Crippen LogP contribution in [-0.4, -0.2) is 28.7 Å². The second kappa shape index (κ2) is 6.05. The smallest absolute Gasteiger partial charge is 0.243 e. The Kier molecular flexibility index (Phi) is 3.72. The summed E-state index contributed by atoms with van der Waals surface area (Å²) in [5.74, 6) is 1.52. The Morgan fingerprint density at radius 2 is 1.88 bits per heavy atom. The third kappa shape index (κ3) is 2.87. The summed E-state index contributed by atoms with van der Waals surface area (Å²) in [5, 5.41) is 4.19. The maximum atomic E-state index is 11.5. The molecule has 6 heteroatoms. The van der Waals surface area contributed by atoms with Crippen LogP contribution in [0.2, 0.25) is 0 Å². The van der Waals surface area contributed by atoms with E-state index in [4.69, 9.17) is 4.74 Å². The third-order valence-electron chi connectivity index (χ3n) is 4.43. The van der Waals surface area contributed by atoms with Crippen LogP contribution in [0.5, 0.6) is 5.75 Å². The molecule has 0 bridgehead atoms. The number of benzene rings is 2. The third-order valence-corrected chi connectivity index (χ3v) is 4.43. The molecule has 0 radical (unpaired) electrons. The number of aromatic amines is 1. The summed E-state index contributed by atoms with van der Waals surface area (Å²) in [6, 6.07) is 13.8. The number of hydrogen-bond acceptors (Lipinski definition) is 4. The molecule has 0 saturated heterocycles. The summed E-state index contributed by atoms with van der Waals surface area (Å²) in [5.41, 5.74) is 7.28. The number of H-pyrrole nitrogens is 1. The van der Waals surface area contributed by atoms with E-state index in [9.17, 15) is 4.79 Å². The van der Waals surface area contributed by atoms with Gasteiger partial charge in [-0.3, -0.25) is 4.79 Å². The number of hydrogen-bond donors (Lipinski definition) is 2. The number of fused-ring (bicyclic) bond motifs is 1. The van der Waals surface area contributed by atoms with Crippen LogP contribution in [0, 0.1) is 5.92 Å². The highest BCUT2D eigenvalue weighted by molar-refractivity contribution is 6.06. The molecule has 1 atom stereocenters. The van der Waals surface area contributed by atoms with E-state index >= 15 is 0 Å². The fourth-order valence-corrected chi connectivity index (χ4v) is 2.92. The second-order valence-corrected chi connectivity index (χ2v) is 6.19. The van der Waals surface area contributed by atoms with Gasteiger partial charge in [-0.25, -0.2) is 10.4 Å². The van der Waals surface area contributed by atoms with Gasteiger partial charge in [0.2, 0.25) is 5.91 Å². The predicted molar refractivity (Wildman–Crippen MR) is 96.5 cm³/mol. The summed E-state index contributed by atoms with van der Waals surface area (Å²) < 4.78 is 5.19. The van der Waals surface area contributed by atoms with E-state index in [2.05, 4.69) is 20.5 Å². The molecule has 0 unspecified atom stereocenters. The fraction of sp³-hybridized carbons (Fsp3) is 0.211. The van der Waals surface area contributed by atoms with Gasteiger partial charge in [0.05, 0.1) is 23.9 Å². The zero-order chi connectivity index (χ0) is 17.4. The zero-order valence-corrected chi connectivity index (χ0v) is 14.0. The first kappa shape index (κ1) is 15.4. The number of nitrogens with one attached hydrogen (secondary N) is 2. The highest BCUT2D eigenvalue weighted by Gasteiger charge is 2.21. The number of methoxy groups -OCH3 is 1. The second-order valence-electron chi connectivity index (χ2n) is 6.19. The highest BCUT2D eigenvalue weighted by Crippen LogP contribution is 2.24. The number of ether oxygens (including phenoxy) is 1. The first-order chi connectivity index (χ1) is 12.1. The minimum absolute atomic E-state index is 0.0341. The van der Waals surface area contributed by atoms with Crippen molar-refractivity contribution >= 4 is 22.7 Å². The van der Waals surface area contributed by atoms with Crippen molar-refractivity contribution in [2.24, 2.45) is 11.0 Å². The number of carbonyl (C=O) groups is 1. The normalized spacial score (nSPS) is 17.3. The van der Waals surface area contributed by atoms with E-state index in [-0.39, 0.29) is 11.8 Å². The minimum Gasteiger partial charge on any atom is -0.497 e. The van der Waals surface area contributed by atoms with Gasteiger partial charge in [0.15, 0.2) is 0 Å². The molecule has 2 heterocycles. The molecule has 1 aliphatic heterocycles. The number of rotatable bonds is 3. The summed E-state index contributed by atoms with van der Waals surface area (Å²) in [6.07, 6.45) is 0.636. The van der Waals surface area contributed by atoms with Gasteiger partial charge in [0, 0.05) is 17.9 Å². The molecule has 0 fully saturated rings. The van der Waals surface area contributed by atoms with Crippen LogP contribution in [0.25, 0.3) is 22.4 Å². The minimum atomic E-state index is -0.0696. The van der Waals surface area contributed by atoms with Gasteiger partial charge in [-0.1, -0.05) is 13.0 Å². The number of carbonyl (C=O) groups excluding carboxylic acids is 1. The topological polar surface area (TPSA) is 79.4 Å². The first-order valence-electron chi connectivity index (χ1n) is 8.15. The molecule has 25 heavy (non-hydrogen) atoms. The van der Waals surface area contributed by atoms with Crippen LogP contribution in [-0.2, 0) is 4.79 Å². The van der Waals surface area contributed by atoms with Crippen LogP contribution in [0.4, 0.5) is 0 Å². The fourth-order valence-electron chi connectivity index (χ4n) is 2.92. The van der Waals surface area contributed by atoms with Gasteiger partial charge >= 0.3 is 0 Å². The number of amides is 1. The number of imidazole rings is 1. The van der Waals surface area contributed by atoms with Crippen LogP contribution < -0.4 is 10.2 Å². The van der Waals surface area contributed by atoms with Gasteiger partial charge in [0.25, 0.3) is 0 Å². The molecule has 2 aromatic carbocycles. The summed E-state index contributed by atoms with van der Waals surface area (Å²) in [7, 11) is 1.65. The highest BCUT2D eigenvalue weighted by atomic mass is 16.5. The molecule has 0 spiro atoms. The lowest BCUT2D eigenvalue weighted by atomic mass is 9.97. The van der Waals surface area contributed by atoms with E-state index in [1.165, 1.54) is 0 Å². The molecular weight excluding hydrogens is 316 g/mol. The largest absolute Gasteiger partial charge is 0.497 e. The average molecular weight is 334 g/mol. The quantitative estimate of drug-likeness (QED) is 0.772. The molecule has 1 aromatic heterocycles. The van der Waals surface area contributed by atoms with E-state index in [0.717, 1.165) is 39.4 Å². The van der Waals surface area contributed by atoms with Crippen LogP contribution in [0.3, 0.4) is 0 Å². The van der Waals surface area contributed by atoms with E-state index in [1.54, 1.807) is 7.11 Å². The standard InChI is InChI=1S/C19H18N4O2/c1-11-9-16(22-23-19(11)24)13-5-8-15-17(10-13)21-18(20-15)12-3-6-14(25-2)7-4-12/h3-8,10-11H,9H2,1-2H3,(H,20,21)(H,23,24)/t11-/m1/s1. The Bertz CT molecular complexity index is 973. The number of hydrazone groups is 1. The Morgan fingerprint density at radius 1 is 1.12 bits per heavy atom. The lowest BCUT2D eigenvalue weighted by Gasteiger charge is -2.17. The lowest BCUT2D eigenvalue weighted by molar-refractivity contribution is -0.124. The molecule has 2 N–H and O–H groups in total. The van der Waals surface area contributed by atoms with Crippen LogP contribution in [0.15, 0.2) is 47.6 Å². The summed E-state index contributed by atoms with van der Waals surface area (Å²) >= 11 is 0. The van der Waals surface area contributed by atoms with E-state index < -0.39 is 0 Å². The van der Waals surface area contributed by atoms with Crippen molar-refractivity contribution in [2.75, 3.05) is 7.11 Å². The van der Waals surface area contributed by atoms with Crippen molar-refractivity contribution in [2.45, 2.75) is 13.3 Å². The molecule has 0 aliphatic carbocycles. The van der Waals surface area contributed by atoms with Gasteiger partial charge in [-0.2, -0.15) is 5.10 Å². The monoisotopic (exact) mass is 334 g/mol. The van der Waals surface area contributed by atoms with E-state index in [0.29, 0.717) is 6.42 Å². The maximum absolute atomic E-state index is 11.5. The van der Waals surface area contributed by atoms with Crippen LogP contribution in [0.1, 0.15) is 18.9 Å². The lowest BCUT2D eigenvalue weighted by Crippen LogP contribution is -2.33. The Labute approximate surface area is 144 Å². The molecule has 126 valence electrons. The predicted octanol–water partition coefficient (Wildman–Crippen LogP) is 3.10. The zero-order valence-electron chi connectivity index (χ0n) is 14.0. The van der Waals surface area contributed by atoms with Gasteiger partial charge in [-0.15, -0.1) is 0 Å². The van der Waals surface area contributed by atoms with Crippen molar-refractivity contribution in [1.29, 1.82) is 0 Å². The Hall–Kier alpha value is -3.15. The maximum Gasteiger partial charge on any atom is 0.243 e. The van der Waals surface area contributed by atoms with E-state index in [1.807, 2.05) is 49.4 Å². The molecule has 3 aromatic rings. The average Bonchev–Trinajstić information content (AvgIpc) is 3.07. The first-order valence-corrected chi connectivity index (χ1v) is 8.15. The van der Waals surface area contributed by atoms with Gasteiger partial charge in [0.1, 0.15) is 11.6 Å². The number of nitrogens with zero attached hydrogens (tertiary/aromatic N) is 2. The van der Waals surface area contributed by atoms with Crippen molar-refractivity contribution < 1.29 is 9.53 Å². The Balaban J connectivity index is 1.68.